The van der Waals surface area contributed by atoms with Gasteiger partial charge in [0.2, 0.25) is 0 Å². The van der Waals surface area contributed by atoms with Gasteiger partial charge >= 0.3 is 6.09 Å². The van der Waals surface area contributed by atoms with Crippen molar-refractivity contribution in [1.82, 2.24) is 4.90 Å². The summed E-state index contributed by atoms with van der Waals surface area (Å²) in [5.74, 6) is 0. The summed E-state index contributed by atoms with van der Waals surface area (Å²) in [4.78, 5) is 13.1. The van der Waals surface area contributed by atoms with Crippen molar-refractivity contribution in [2.45, 2.75) is 45.4 Å². The molecule has 1 aliphatic rings. The van der Waals surface area contributed by atoms with Crippen molar-refractivity contribution in [1.29, 1.82) is 0 Å². The van der Waals surface area contributed by atoms with E-state index in [0.717, 1.165) is 6.42 Å². The molecule has 1 aliphatic heterocycles. The topological polar surface area (TPSA) is 29.5 Å². The van der Waals surface area contributed by atoms with E-state index in [0.29, 0.717) is 19.7 Å². The quantitative estimate of drug-likeness (QED) is 0.491. The highest BCUT2D eigenvalue weighted by atomic mass is 16.6. The van der Waals surface area contributed by atoms with Gasteiger partial charge in [-0.2, -0.15) is 0 Å². The first-order valence-electron chi connectivity index (χ1n) is 6.41. The van der Waals surface area contributed by atoms with Gasteiger partial charge < -0.3 is 9.64 Å². The van der Waals surface area contributed by atoms with E-state index < -0.39 is 0 Å². The SMILES string of the molecule is CCCCCCCCOC(=O)N1CC=CC1. The zero-order chi connectivity index (χ0) is 11.6. The Balaban J connectivity index is 1.88. The number of hydrogen-bond donors (Lipinski definition) is 0. The molecule has 1 amide bonds. The highest BCUT2D eigenvalue weighted by Crippen LogP contribution is 2.06. The first-order chi connectivity index (χ1) is 7.84. The maximum absolute atomic E-state index is 11.4. The molecule has 0 saturated heterocycles. The average molecular weight is 225 g/mol. The number of amides is 1. The zero-order valence-electron chi connectivity index (χ0n) is 10.3. The molecule has 3 nitrogen and oxygen atoms in total. The highest BCUT2D eigenvalue weighted by molar-refractivity contribution is 5.68. The largest absolute Gasteiger partial charge is 0.449 e. The van der Waals surface area contributed by atoms with Crippen molar-refractivity contribution in [3.8, 4) is 0 Å². The number of nitrogens with zero attached hydrogens (tertiary/aromatic N) is 1. The van der Waals surface area contributed by atoms with Crippen molar-refractivity contribution < 1.29 is 9.53 Å². The fourth-order valence-corrected chi connectivity index (χ4v) is 1.76. The van der Waals surface area contributed by atoms with Crippen LogP contribution >= 0.6 is 0 Å². The van der Waals surface area contributed by atoms with Crippen LogP contribution in [0.3, 0.4) is 0 Å². The lowest BCUT2D eigenvalue weighted by Gasteiger charge is -2.14. The monoisotopic (exact) mass is 225 g/mol. The standard InChI is InChI=1S/C13H23NO2/c1-2-3-4-5-6-9-12-16-13(15)14-10-7-8-11-14/h7-8H,2-6,9-12H2,1H3. The number of rotatable bonds is 7. The summed E-state index contributed by atoms with van der Waals surface area (Å²) < 4.78 is 5.18. The summed E-state index contributed by atoms with van der Waals surface area (Å²) >= 11 is 0. The van der Waals surface area contributed by atoms with E-state index in [-0.39, 0.29) is 6.09 Å². The van der Waals surface area contributed by atoms with Gasteiger partial charge in [0.1, 0.15) is 0 Å². The molecule has 0 atom stereocenters. The molecule has 0 saturated carbocycles. The van der Waals surface area contributed by atoms with Crippen LogP contribution in [-0.4, -0.2) is 30.7 Å². The van der Waals surface area contributed by atoms with Crippen LogP contribution in [0, 0.1) is 0 Å². The van der Waals surface area contributed by atoms with Crippen LogP contribution in [0.15, 0.2) is 12.2 Å². The lowest BCUT2D eigenvalue weighted by atomic mass is 10.1. The summed E-state index contributed by atoms with van der Waals surface area (Å²) in [6.45, 7) is 4.19. The van der Waals surface area contributed by atoms with Crippen molar-refractivity contribution in [3.05, 3.63) is 12.2 Å². The predicted molar refractivity (Wildman–Crippen MR) is 65.4 cm³/mol. The van der Waals surface area contributed by atoms with Crippen LogP contribution in [0.5, 0.6) is 0 Å². The third-order valence-electron chi connectivity index (χ3n) is 2.80. The van der Waals surface area contributed by atoms with Gasteiger partial charge in [-0.3, -0.25) is 0 Å². The van der Waals surface area contributed by atoms with E-state index >= 15 is 0 Å². The van der Waals surface area contributed by atoms with E-state index in [2.05, 4.69) is 6.92 Å². The highest BCUT2D eigenvalue weighted by Gasteiger charge is 2.14. The van der Waals surface area contributed by atoms with E-state index in [1.807, 2.05) is 12.2 Å². The second-order valence-corrected chi connectivity index (χ2v) is 4.26. The molecule has 0 unspecified atom stereocenters. The van der Waals surface area contributed by atoms with Crippen LogP contribution < -0.4 is 0 Å². The smallest absolute Gasteiger partial charge is 0.410 e. The zero-order valence-corrected chi connectivity index (χ0v) is 10.3. The van der Waals surface area contributed by atoms with Crippen molar-refractivity contribution in [3.63, 3.8) is 0 Å². The molecule has 0 fully saturated rings. The van der Waals surface area contributed by atoms with Crippen LogP contribution in [0.1, 0.15) is 45.4 Å². The molecule has 92 valence electrons. The first kappa shape index (κ1) is 13.1. The molecule has 0 radical (unpaired) electrons. The second-order valence-electron chi connectivity index (χ2n) is 4.26. The maximum Gasteiger partial charge on any atom is 0.410 e. The summed E-state index contributed by atoms with van der Waals surface area (Å²) in [6, 6.07) is 0. The van der Waals surface area contributed by atoms with E-state index in [9.17, 15) is 4.79 Å². The summed E-state index contributed by atoms with van der Waals surface area (Å²) in [6.07, 6.45) is 11.1. The van der Waals surface area contributed by atoms with Crippen LogP contribution in [0.25, 0.3) is 0 Å². The van der Waals surface area contributed by atoms with Crippen molar-refractivity contribution in [2.24, 2.45) is 0 Å². The lowest BCUT2D eigenvalue weighted by molar-refractivity contribution is 0.110. The minimum Gasteiger partial charge on any atom is -0.449 e. The van der Waals surface area contributed by atoms with Gasteiger partial charge in [-0.25, -0.2) is 4.79 Å². The molecule has 0 aromatic heterocycles. The third kappa shape index (κ3) is 5.19. The van der Waals surface area contributed by atoms with Crippen LogP contribution in [0.2, 0.25) is 0 Å². The van der Waals surface area contributed by atoms with Gasteiger partial charge in [0.05, 0.1) is 6.61 Å². The average Bonchev–Trinajstić information content (AvgIpc) is 2.81. The molecule has 3 heteroatoms. The van der Waals surface area contributed by atoms with Gasteiger partial charge in [-0.1, -0.05) is 51.2 Å². The van der Waals surface area contributed by atoms with E-state index in [1.54, 1.807) is 4.90 Å². The molecule has 0 aliphatic carbocycles. The number of unbranched alkanes of at least 4 members (excludes halogenated alkanes) is 5. The van der Waals surface area contributed by atoms with Gasteiger partial charge in [-0.05, 0) is 6.42 Å². The second kappa shape index (κ2) is 8.20. The van der Waals surface area contributed by atoms with Gasteiger partial charge in [0.15, 0.2) is 0 Å². The number of carbonyl (C=O) groups excluding carboxylic acids is 1. The number of hydrogen-bond acceptors (Lipinski definition) is 2. The molecule has 0 N–H and O–H groups in total. The minimum absolute atomic E-state index is 0.168. The van der Waals surface area contributed by atoms with Crippen LogP contribution in [-0.2, 0) is 4.74 Å². The fourth-order valence-electron chi connectivity index (χ4n) is 1.76. The van der Waals surface area contributed by atoms with E-state index in [1.165, 1.54) is 32.1 Å². The Morgan fingerprint density at radius 1 is 1.12 bits per heavy atom. The predicted octanol–water partition coefficient (Wildman–Crippen LogP) is 3.36. The first-order valence-corrected chi connectivity index (χ1v) is 6.41. The fraction of sp³-hybridized carbons (Fsp3) is 0.769. The van der Waals surface area contributed by atoms with Gasteiger partial charge in [0, 0.05) is 13.1 Å². The van der Waals surface area contributed by atoms with Crippen LogP contribution in [0.4, 0.5) is 4.79 Å². The van der Waals surface area contributed by atoms with Gasteiger partial charge in [0.25, 0.3) is 0 Å². The molecule has 1 rings (SSSR count). The Morgan fingerprint density at radius 2 is 1.75 bits per heavy atom. The van der Waals surface area contributed by atoms with Crippen molar-refractivity contribution >= 4 is 6.09 Å². The molecule has 16 heavy (non-hydrogen) atoms. The Labute approximate surface area is 98.5 Å². The van der Waals surface area contributed by atoms with Crippen molar-refractivity contribution in [2.75, 3.05) is 19.7 Å². The third-order valence-corrected chi connectivity index (χ3v) is 2.80. The molecule has 0 spiro atoms. The van der Waals surface area contributed by atoms with E-state index in [4.69, 9.17) is 4.74 Å². The number of ether oxygens (including phenoxy) is 1. The Hall–Kier alpha value is -0.990. The Morgan fingerprint density at radius 3 is 2.44 bits per heavy atom. The maximum atomic E-state index is 11.4. The molecule has 0 aromatic rings. The Kier molecular flexibility index (Phi) is 6.70. The number of carbonyl (C=O) groups is 1. The molecular weight excluding hydrogens is 202 g/mol. The normalized spacial score (nSPS) is 14.4. The summed E-state index contributed by atoms with van der Waals surface area (Å²) in [7, 11) is 0. The minimum atomic E-state index is -0.168. The molecule has 1 heterocycles. The molecule has 0 aromatic carbocycles. The summed E-state index contributed by atoms with van der Waals surface area (Å²) in [5.41, 5.74) is 0. The Bertz CT molecular complexity index is 218. The lowest BCUT2D eigenvalue weighted by Crippen LogP contribution is -2.29. The van der Waals surface area contributed by atoms with Gasteiger partial charge in [-0.15, -0.1) is 0 Å². The summed E-state index contributed by atoms with van der Waals surface area (Å²) in [5, 5.41) is 0. The molecular formula is C13H23NO2. The molecule has 0 bridgehead atoms.